The summed E-state index contributed by atoms with van der Waals surface area (Å²) in [6.45, 7) is 4.75. The number of anilines is 2. The van der Waals surface area contributed by atoms with Crippen molar-refractivity contribution < 1.29 is 13.2 Å². The van der Waals surface area contributed by atoms with Crippen LogP contribution in [-0.2, 0) is 12.0 Å². The maximum atomic E-state index is 14.7. The monoisotopic (exact) mass is 553 g/mol. The van der Waals surface area contributed by atoms with Crippen LogP contribution < -0.4 is 10.9 Å². The molecule has 0 saturated carbocycles. The number of fused-ring (bicyclic) bond motifs is 4. The van der Waals surface area contributed by atoms with Crippen molar-refractivity contribution in [1.82, 2.24) is 28.8 Å². The van der Waals surface area contributed by atoms with E-state index >= 15 is 0 Å². The van der Waals surface area contributed by atoms with Gasteiger partial charge in [-0.3, -0.25) is 14.1 Å². The van der Waals surface area contributed by atoms with Gasteiger partial charge < -0.3 is 5.32 Å². The SMILES string of the molecule is CC1(C)CN(CC(F)F)Cc2cc(Nc3ncc4c(=O)n(-c5c(F)cccc5Cl)c5nccn5c4n3)ccc21. The van der Waals surface area contributed by atoms with Crippen molar-refractivity contribution in [3.63, 3.8) is 0 Å². The molecule has 5 aromatic rings. The second kappa shape index (κ2) is 9.35. The highest BCUT2D eigenvalue weighted by Crippen LogP contribution is 2.35. The third kappa shape index (κ3) is 4.41. The van der Waals surface area contributed by atoms with Gasteiger partial charge in [-0.05, 0) is 35.4 Å². The number of benzene rings is 2. The van der Waals surface area contributed by atoms with Crippen LogP contribution in [0.25, 0.3) is 22.5 Å². The minimum Gasteiger partial charge on any atom is -0.324 e. The van der Waals surface area contributed by atoms with Crippen molar-refractivity contribution in [1.29, 1.82) is 0 Å². The molecule has 1 aliphatic rings. The lowest BCUT2D eigenvalue weighted by Gasteiger charge is -2.40. The number of nitrogens with zero attached hydrogens (tertiary/aromatic N) is 6. The quantitative estimate of drug-likeness (QED) is 0.317. The molecule has 4 heterocycles. The molecular weight excluding hydrogens is 531 g/mol. The van der Waals surface area contributed by atoms with Gasteiger partial charge in [0.15, 0.2) is 5.65 Å². The van der Waals surface area contributed by atoms with Crippen molar-refractivity contribution >= 4 is 40.0 Å². The number of nitrogens with one attached hydrogen (secondary N) is 1. The first-order chi connectivity index (χ1) is 18.6. The fourth-order valence-corrected chi connectivity index (χ4v) is 5.61. The summed E-state index contributed by atoms with van der Waals surface area (Å²) in [5.74, 6) is -0.312. The number of rotatable bonds is 5. The zero-order valence-corrected chi connectivity index (χ0v) is 21.8. The Bertz CT molecular complexity index is 1780. The molecule has 1 aliphatic heterocycles. The van der Waals surface area contributed by atoms with Crippen LogP contribution in [-0.4, -0.2) is 48.3 Å². The Kier molecular flexibility index (Phi) is 6.07. The predicted molar refractivity (Wildman–Crippen MR) is 143 cm³/mol. The first-order valence-corrected chi connectivity index (χ1v) is 12.6. The number of para-hydroxylation sites is 1. The summed E-state index contributed by atoms with van der Waals surface area (Å²) in [4.78, 5) is 28.4. The van der Waals surface area contributed by atoms with Gasteiger partial charge in [-0.1, -0.05) is 37.6 Å². The highest BCUT2D eigenvalue weighted by atomic mass is 35.5. The summed E-state index contributed by atoms with van der Waals surface area (Å²) < 4.78 is 43.6. The molecule has 2 aromatic carbocycles. The molecule has 1 N–H and O–H groups in total. The fourth-order valence-electron chi connectivity index (χ4n) is 5.37. The third-order valence-electron chi connectivity index (χ3n) is 6.91. The molecular formula is C27H23ClF3N7O. The lowest BCUT2D eigenvalue weighted by molar-refractivity contribution is 0.0686. The zero-order chi connectivity index (χ0) is 27.5. The average Bonchev–Trinajstić information content (AvgIpc) is 3.34. The Morgan fingerprint density at radius 3 is 2.77 bits per heavy atom. The van der Waals surface area contributed by atoms with Crippen molar-refractivity contribution in [3.05, 3.63) is 87.3 Å². The minimum atomic E-state index is -2.41. The van der Waals surface area contributed by atoms with Gasteiger partial charge in [0.2, 0.25) is 11.7 Å². The van der Waals surface area contributed by atoms with Gasteiger partial charge in [0.05, 0.1) is 11.6 Å². The van der Waals surface area contributed by atoms with Crippen LogP contribution in [0.15, 0.2) is 59.8 Å². The number of hydrogen-bond donors (Lipinski definition) is 1. The highest BCUT2D eigenvalue weighted by Gasteiger charge is 2.32. The molecule has 0 fully saturated rings. The first-order valence-electron chi connectivity index (χ1n) is 12.2. The molecule has 200 valence electrons. The summed E-state index contributed by atoms with van der Waals surface area (Å²) >= 11 is 6.25. The van der Waals surface area contributed by atoms with Gasteiger partial charge in [-0.2, -0.15) is 4.98 Å². The maximum absolute atomic E-state index is 14.7. The van der Waals surface area contributed by atoms with Crippen LogP contribution in [0, 0.1) is 5.82 Å². The molecule has 6 rings (SSSR count). The Morgan fingerprint density at radius 2 is 2.00 bits per heavy atom. The van der Waals surface area contributed by atoms with Crippen LogP contribution in [0.3, 0.4) is 0 Å². The van der Waals surface area contributed by atoms with E-state index in [1.807, 2.05) is 32.0 Å². The molecule has 0 spiro atoms. The van der Waals surface area contributed by atoms with Crippen LogP contribution in [0.4, 0.5) is 24.8 Å². The first kappa shape index (κ1) is 25.3. The molecule has 0 saturated heterocycles. The van der Waals surface area contributed by atoms with Gasteiger partial charge >= 0.3 is 0 Å². The molecule has 0 bridgehead atoms. The van der Waals surface area contributed by atoms with Crippen LogP contribution >= 0.6 is 11.6 Å². The highest BCUT2D eigenvalue weighted by molar-refractivity contribution is 6.32. The predicted octanol–water partition coefficient (Wildman–Crippen LogP) is 5.32. The Balaban J connectivity index is 1.41. The summed E-state index contributed by atoms with van der Waals surface area (Å²) in [6, 6.07) is 9.95. The smallest absolute Gasteiger partial charge is 0.270 e. The molecule has 0 atom stereocenters. The molecule has 0 radical (unpaired) electrons. The fraction of sp³-hybridized carbons (Fsp3) is 0.259. The number of imidazole rings is 1. The molecule has 0 amide bonds. The Labute approximate surface area is 225 Å². The van der Waals surface area contributed by atoms with Crippen LogP contribution in [0.2, 0.25) is 5.02 Å². The van der Waals surface area contributed by atoms with Crippen molar-refractivity contribution in [3.8, 4) is 5.69 Å². The topological polar surface area (TPSA) is 80.4 Å². The summed E-state index contributed by atoms with van der Waals surface area (Å²) in [5, 5.41) is 3.36. The lowest BCUT2D eigenvalue weighted by atomic mass is 9.78. The zero-order valence-electron chi connectivity index (χ0n) is 21.0. The van der Waals surface area contributed by atoms with E-state index in [0.29, 0.717) is 18.8 Å². The van der Waals surface area contributed by atoms with Crippen molar-refractivity contribution in [2.45, 2.75) is 32.2 Å². The van der Waals surface area contributed by atoms with Gasteiger partial charge in [-0.15, -0.1) is 0 Å². The van der Waals surface area contributed by atoms with E-state index in [2.05, 4.69) is 20.3 Å². The van der Waals surface area contributed by atoms with E-state index in [4.69, 9.17) is 11.6 Å². The molecule has 12 heteroatoms. The molecule has 3 aromatic heterocycles. The number of hydrogen-bond acceptors (Lipinski definition) is 6. The second-order valence-electron chi connectivity index (χ2n) is 10.2. The normalized spacial score (nSPS) is 15.3. The van der Waals surface area contributed by atoms with E-state index < -0.39 is 17.8 Å². The number of aromatic nitrogens is 5. The van der Waals surface area contributed by atoms with Crippen LogP contribution in [0.5, 0.6) is 0 Å². The molecule has 0 aliphatic carbocycles. The van der Waals surface area contributed by atoms with Gasteiger partial charge in [0, 0.05) is 42.8 Å². The largest absolute Gasteiger partial charge is 0.324 e. The molecule has 0 unspecified atom stereocenters. The number of halogens is 4. The Hall–Kier alpha value is -3.96. The van der Waals surface area contributed by atoms with E-state index in [0.717, 1.165) is 15.7 Å². The maximum Gasteiger partial charge on any atom is 0.270 e. The summed E-state index contributed by atoms with van der Waals surface area (Å²) in [7, 11) is 0. The number of alkyl halides is 2. The minimum absolute atomic E-state index is 0.0586. The third-order valence-corrected chi connectivity index (χ3v) is 7.22. The van der Waals surface area contributed by atoms with Gasteiger partial charge in [0.25, 0.3) is 12.0 Å². The molecule has 39 heavy (non-hydrogen) atoms. The van der Waals surface area contributed by atoms with Crippen molar-refractivity contribution in [2.75, 3.05) is 18.4 Å². The van der Waals surface area contributed by atoms with E-state index in [1.54, 1.807) is 15.5 Å². The van der Waals surface area contributed by atoms with E-state index in [1.165, 1.54) is 30.6 Å². The van der Waals surface area contributed by atoms with Crippen LogP contribution in [0.1, 0.15) is 25.0 Å². The van der Waals surface area contributed by atoms with E-state index in [-0.39, 0.29) is 45.4 Å². The Morgan fingerprint density at radius 1 is 1.18 bits per heavy atom. The molecule has 8 nitrogen and oxygen atoms in total. The average molecular weight is 554 g/mol. The summed E-state index contributed by atoms with van der Waals surface area (Å²) in [5.41, 5.74) is 2.03. The lowest BCUT2D eigenvalue weighted by Crippen LogP contribution is -2.43. The second-order valence-corrected chi connectivity index (χ2v) is 10.6. The standard InChI is InChI=1S/C27H23ClF3N7O/c1-27(2)14-36(13-21(30)31)12-15-10-16(6-7-18(15)27)34-25-33-11-17-23(35-25)37-9-8-32-26(37)38(24(17)39)22-19(28)4-3-5-20(22)29/h3-11,21H,12-14H2,1-2H3,(H,33,34,35). The van der Waals surface area contributed by atoms with E-state index in [9.17, 15) is 18.0 Å². The van der Waals surface area contributed by atoms with Crippen molar-refractivity contribution in [2.24, 2.45) is 0 Å². The van der Waals surface area contributed by atoms with Gasteiger partial charge in [0.1, 0.15) is 16.9 Å². The van der Waals surface area contributed by atoms with Gasteiger partial charge in [-0.25, -0.2) is 27.7 Å². The summed E-state index contributed by atoms with van der Waals surface area (Å²) in [6.07, 6.45) is 2.04.